The molecule has 1 aliphatic carbocycles. The lowest BCUT2D eigenvalue weighted by Gasteiger charge is -2.17. The molecule has 1 aliphatic rings. The molecule has 0 spiro atoms. The number of benzene rings is 3. The summed E-state index contributed by atoms with van der Waals surface area (Å²) >= 11 is 0. The molecule has 0 nitrogen and oxygen atoms in total. The van der Waals surface area contributed by atoms with Crippen LogP contribution >= 0.6 is 0 Å². The molecule has 0 bridgehead atoms. The van der Waals surface area contributed by atoms with Gasteiger partial charge in [0.05, 0.1) is 0 Å². The van der Waals surface area contributed by atoms with Crippen molar-refractivity contribution >= 4 is 10.8 Å². The van der Waals surface area contributed by atoms with E-state index in [-0.39, 0.29) is 5.41 Å². The molecule has 4 rings (SSSR count). The second-order valence-electron chi connectivity index (χ2n) is 5.51. The zero-order chi connectivity index (χ0) is 12.7. The van der Waals surface area contributed by atoms with Crippen molar-refractivity contribution in [3.8, 4) is 0 Å². The summed E-state index contributed by atoms with van der Waals surface area (Å²) in [5.74, 6) is 0. The van der Waals surface area contributed by atoms with Crippen LogP contribution in [-0.4, -0.2) is 0 Å². The van der Waals surface area contributed by atoms with Gasteiger partial charge < -0.3 is 0 Å². The summed E-state index contributed by atoms with van der Waals surface area (Å²) in [7, 11) is 0. The number of hydrogen-bond acceptors (Lipinski definition) is 0. The summed E-state index contributed by atoms with van der Waals surface area (Å²) < 4.78 is 0. The standard InChI is InChI=1S/C19H16/c1-2-8-17(9-3-1)19(12-13-19)18-11-10-15-6-4-5-7-16(15)14-18/h1-11,14H,12-13H2. The third kappa shape index (κ3) is 1.67. The molecule has 0 heterocycles. The van der Waals surface area contributed by atoms with Crippen LogP contribution in [-0.2, 0) is 5.41 Å². The molecule has 0 unspecified atom stereocenters. The van der Waals surface area contributed by atoms with Gasteiger partial charge in [0.15, 0.2) is 0 Å². The molecule has 1 fully saturated rings. The highest BCUT2D eigenvalue weighted by Crippen LogP contribution is 2.53. The predicted octanol–water partition coefficient (Wildman–Crippen LogP) is 4.92. The van der Waals surface area contributed by atoms with Crippen LogP contribution in [0.15, 0.2) is 72.8 Å². The quantitative estimate of drug-likeness (QED) is 0.600. The highest BCUT2D eigenvalue weighted by atomic mass is 14.5. The number of fused-ring (bicyclic) bond motifs is 1. The largest absolute Gasteiger partial charge is 0.0622 e. The van der Waals surface area contributed by atoms with Crippen LogP contribution in [0, 0.1) is 0 Å². The van der Waals surface area contributed by atoms with E-state index < -0.39 is 0 Å². The minimum Gasteiger partial charge on any atom is -0.0622 e. The summed E-state index contributed by atoms with van der Waals surface area (Å²) in [6.07, 6.45) is 2.55. The van der Waals surface area contributed by atoms with Gasteiger partial charge in [-0.2, -0.15) is 0 Å². The smallest absolute Gasteiger partial charge is 0.0204 e. The second kappa shape index (κ2) is 3.96. The highest BCUT2D eigenvalue weighted by molar-refractivity contribution is 5.83. The van der Waals surface area contributed by atoms with Gasteiger partial charge in [0, 0.05) is 5.41 Å². The number of hydrogen-bond donors (Lipinski definition) is 0. The highest BCUT2D eigenvalue weighted by Gasteiger charge is 2.45. The van der Waals surface area contributed by atoms with E-state index in [1.165, 1.54) is 34.7 Å². The van der Waals surface area contributed by atoms with Crippen molar-refractivity contribution < 1.29 is 0 Å². The van der Waals surface area contributed by atoms with Crippen molar-refractivity contribution in [2.75, 3.05) is 0 Å². The maximum Gasteiger partial charge on any atom is 0.0204 e. The molecule has 0 saturated heterocycles. The Balaban J connectivity index is 1.86. The van der Waals surface area contributed by atoms with Gasteiger partial charge in [-0.05, 0) is 34.7 Å². The van der Waals surface area contributed by atoms with Gasteiger partial charge in [0.1, 0.15) is 0 Å². The minimum atomic E-state index is 0.283. The maximum atomic E-state index is 2.37. The Morgan fingerprint density at radius 2 is 1.26 bits per heavy atom. The van der Waals surface area contributed by atoms with Gasteiger partial charge in [0.2, 0.25) is 0 Å². The fourth-order valence-corrected chi connectivity index (χ4v) is 3.11. The molecule has 1 saturated carbocycles. The van der Waals surface area contributed by atoms with Crippen LogP contribution in [0.4, 0.5) is 0 Å². The Morgan fingerprint density at radius 1 is 0.579 bits per heavy atom. The van der Waals surface area contributed by atoms with Gasteiger partial charge in [0.25, 0.3) is 0 Å². The van der Waals surface area contributed by atoms with Crippen LogP contribution in [0.25, 0.3) is 10.8 Å². The summed E-state index contributed by atoms with van der Waals surface area (Å²) in [5, 5.41) is 2.68. The van der Waals surface area contributed by atoms with E-state index in [0.717, 1.165) is 0 Å². The summed E-state index contributed by atoms with van der Waals surface area (Å²) in [5.41, 5.74) is 3.22. The van der Waals surface area contributed by atoms with E-state index in [1.54, 1.807) is 0 Å². The normalized spacial score (nSPS) is 16.4. The molecule has 92 valence electrons. The first kappa shape index (κ1) is 10.8. The molecular weight excluding hydrogens is 228 g/mol. The molecule has 0 aromatic heterocycles. The van der Waals surface area contributed by atoms with E-state index in [2.05, 4.69) is 72.8 Å². The monoisotopic (exact) mass is 244 g/mol. The van der Waals surface area contributed by atoms with Gasteiger partial charge >= 0.3 is 0 Å². The first-order valence-electron chi connectivity index (χ1n) is 6.93. The van der Waals surface area contributed by atoms with Crippen molar-refractivity contribution in [1.29, 1.82) is 0 Å². The zero-order valence-corrected chi connectivity index (χ0v) is 10.8. The Bertz CT molecular complexity index is 721. The van der Waals surface area contributed by atoms with Gasteiger partial charge in [-0.1, -0.05) is 72.8 Å². The summed E-state index contributed by atoms with van der Waals surface area (Å²) in [6, 6.07) is 26.5. The van der Waals surface area contributed by atoms with Crippen molar-refractivity contribution in [2.45, 2.75) is 18.3 Å². The summed E-state index contributed by atoms with van der Waals surface area (Å²) in [6.45, 7) is 0. The fourth-order valence-electron chi connectivity index (χ4n) is 3.11. The van der Waals surface area contributed by atoms with E-state index >= 15 is 0 Å². The van der Waals surface area contributed by atoms with Crippen LogP contribution in [0.1, 0.15) is 24.0 Å². The minimum absolute atomic E-state index is 0.283. The lowest BCUT2D eigenvalue weighted by molar-refractivity contribution is 0.849. The molecular formula is C19H16. The molecule has 0 heteroatoms. The number of rotatable bonds is 2. The van der Waals surface area contributed by atoms with Crippen molar-refractivity contribution in [3.63, 3.8) is 0 Å². The average molecular weight is 244 g/mol. The Morgan fingerprint density at radius 3 is 2.00 bits per heavy atom. The van der Waals surface area contributed by atoms with Gasteiger partial charge in [-0.15, -0.1) is 0 Å². The summed E-state index contributed by atoms with van der Waals surface area (Å²) in [4.78, 5) is 0. The topological polar surface area (TPSA) is 0 Å². The third-order valence-electron chi connectivity index (χ3n) is 4.38. The molecule has 3 aromatic rings. The molecule has 0 amide bonds. The van der Waals surface area contributed by atoms with Crippen LogP contribution < -0.4 is 0 Å². The van der Waals surface area contributed by atoms with Gasteiger partial charge in [-0.25, -0.2) is 0 Å². The predicted molar refractivity (Wildman–Crippen MR) is 80.4 cm³/mol. The Hall–Kier alpha value is -2.08. The van der Waals surface area contributed by atoms with Crippen molar-refractivity contribution in [3.05, 3.63) is 83.9 Å². The van der Waals surface area contributed by atoms with Crippen molar-refractivity contribution in [1.82, 2.24) is 0 Å². The van der Waals surface area contributed by atoms with Crippen molar-refractivity contribution in [2.24, 2.45) is 0 Å². The van der Waals surface area contributed by atoms with Crippen LogP contribution in [0.3, 0.4) is 0 Å². The lowest BCUT2D eigenvalue weighted by Crippen LogP contribution is -2.08. The SMILES string of the molecule is c1ccc(C2(c3ccc4ccccc4c3)CC2)cc1. The van der Waals surface area contributed by atoms with E-state index in [0.29, 0.717) is 0 Å². The van der Waals surface area contributed by atoms with E-state index in [4.69, 9.17) is 0 Å². The third-order valence-corrected chi connectivity index (χ3v) is 4.38. The molecule has 0 aliphatic heterocycles. The van der Waals surface area contributed by atoms with E-state index in [9.17, 15) is 0 Å². The first-order valence-corrected chi connectivity index (χ1v) is 6.93. The molecule has 0 radical (unpaired) electrons. The second-order valence-corrected chi connectivity index (χ2v) is 5.51. The van der Waals surface area contributed by atoms with Crippen LogP contribution in [0.5, 0.6) is 0 Å². The Kier molecular flexibility index (Phi) is 2.25. The molecule has 3 aromatic carbocycles. The van der Waals surface area contributed by atoms with Crippen LogP contribution in [0.2, 0.25) is 0 Å². The van der Waals surface area contributed by atoms with Gasteiger partial charge in [-0.3, -0.25) is 0 Å². The maximum absolute atomic E-state index is 2.37. The molecule has 0 N–H and O–H groups in total. The fraction of sp³-hybridized carbons (Fsp3) is 0.158. The lowest BCUT2D eigenvalue weighted by atomic mass is 9.87. The average Bonchev–Trinajstić information content (AvgIpc) is 3.29. The zero-order valence-electron chi connectivity index (χ0n) is 10.8. The molecule has 19 heavy (non-hydrogen) atoms. The van der Waals surface area contributed by atoms with E-state index in [1.807, 2.05) is 0 Å². The Labute approximate surface area is 113 Å². The first-order chi connectivity index (χ1) is 9.38. The molecule has 0 atom stereocenters.